The number of nitrogens with one attached hydrogen (secondary N) is 1. The molecule has 0 radical (unpaired) electrons. The van der Waals surface area contributed by atoms with Gasteiger partial charge in [-0.2, -0.15) is 0 Å². The van der Waals surface area contributed by atoms with E-state index in [2.05, 4.69) is 10.3 Å². The Morgan fingerprint density at radius 3 is 2.52 bits per heavy atom. The average Bonchev–Trinajstić information content (AvgIpc) is 2.79. The topological polar surface area (TPSA) is 55.7 Å². The van der Waals surface area contributed by atoms with Crippen LogP contribution in [0, 0.1) is 0 Å². The minimum atomic E-state index is 0.660. The number of aromatic nitrogens is 1. The Morgan fingerprint density at radius 2 is 1.71 bits per heavy atom. The number of rotatable bonds is 6. The van der Waals surface area contributed by atoms with Crippen LogP contribution in [0.15, 0.2) is 77.9 Å². The molecular formula is C25H22ClN3O2. The van der Waals surface area contributed by atoms with E-state index in [9.17, 15) is 0 Å². The third kappa shape index (κ3) is 4.47. The first-order valence-corrected chi connectivity index (χ1v) is 10.1. The summed E-state index contributed by atoms with van der Waals surface area (Å²) in [7, 11) is 3.25. The number of nitrogens with zero attached hydrogens (tertiary/aromatic N) is 2. The minimum absolute atomic E-state index is 0.660. The zero-order valence-corrected chi connectivity index (χ0v) is 18.3. The third-order valence-corrected chi connectivity index (χ3v) is 5.20. The van der Waals surface area contributed by atoms with Crippen LogP contribution < -0.4 is 14.8 Å². The lowest BCUT2D eigenvalue weighted by Gasteiger charge is -2.13. The van der Waals surface area contributed by atoms with Crippen LogP contribution in [0.25, 0.3) is 10.9 Å². The maximum absolute atomic E-state index is 6.12. The van der Waals surface area contributed by atoms with Crippen LogP contribution in [-0.4, -0.2) is 24.9 Å². The summed E-state index contributed by atoms with van der Waals surface area (Å²) in [4.78, 5) is 9.28. The van der Waals surface area contributed by atoms with Crippen molar-refractivity contribution in [2.45, 2.75) is 6.92 Å². The predicted octanol–water partition coefficient (Wildman–Crippen LogP) is 6.79. The van der Waals surface area contributed by atoms with Crippen LogP contribution >= 0.6 is 11.6 Å². The van der Waals surface area contributed by atoms with Gasteiger partial charge in [-0.3, -0.25) is 9.98 Å². The Bertz CT molecular complexity index is 1270. The molecular weight excluding hydrogens is 410 g/mol. The zero-order chi connectivity index (χ0) is 21.8. The molecule has 156 valence electrons. The zero-order valence-electron chi connectivity index (χ0n) is 17.5. The number of anilines is 2. The highest BCUT2D eigenvalue weighted by Crippen LogP contribution is 2.33. The van der Waals surface area contributed by atoms with Gasteiger partial charge >= 0.3 is 0 Å². The van der Waals surface area contributed by atoms with Crippen LogP contribution in [-0.2, 0) is 0 Å². The van der Waals surface area contributed by atoms with Crippen molar-refractivity contribution in [3.63, 3.8) is 0 Å². The largest absolute Gasteiger partial charge is 0.493 e. The van der Waals surface area contributed by atoms with Crippen molar-refractivity contribution < 1.29 is 9.47 Å². The molecule has 0 aliphatic rings. The number of ether oxygens (including phenoxy) is 2. The molecule has 0 spiro atoms. The summed E-state index contributed by atoms with van der Waals surface area (Å²) in [5.74, 6) is 1.36. The smallest absolute Gasteiger partial charge is 0.161 e. The number of hydrogen-bond acceptors (Lipinski definition) is 5. The third-order valence-electron chi connectivity index (χ3n) is 4.97. The standard InChI is InChI=1S/C25H22ClN3O2/c1-16(17-8-11-24(30-2)25(14-17)31-3)28-21-6-4-5-7-22(21)29-20-12-13-27-23-15-18(26)9-10-19(20)23/h4-15H,1-3H3,(H,27,29). The quantitative estimate of drug-likeness (QED) is 0.341. The van der Waals surface area contributed by atoms with E-state index in [0.717, 1.165) is 39.2 Å². The van der Waals surface area contributed by atoms with E-state index in [-0.39, 0.29) is 0 Å². The molecule has 4 aromatic rings. The molecule has 1 N–H and O–H groups in total. The Kier molecular flexibility index (Phi) is 6.05. The number of pyridine rings is 1. The molecule has 1 aromatic heterocycles. The summed E-state index contributed by atoms with van der Waals surface area (Å²) in [6.45, 7) is 1.97. The second-order valence-electron chi connectivity index (χ2n) is 6.93. The molecule has 31 heavy (non-hydrogen) atoms. The molecule has 0 fully saturated rings. The maximum Gasteiger partial charge on any atom is 0.161 e. The van der Waals surface area contributed by atoms with Gasteiger partial charge in [0.15, 0.2) is 11.5 Å². The first-order chi connectivity index (χ1) is 15.1. The van der Waals surface area contributed by atoms with Crippen molar-refractivity contribution in [2.24, 2.45) is 4.99 Å². The van der Waals surface area contributed by atoms with Crippen molar-refractivity contribution >= 4 is 45.3 Å². The predicted molar refractivity (Wildman–Crippen MR) is 128 cm³/mol. The fraction of sp³-hybridized carbons (Fsp3) is 0.120. The molecule has 0 saturated heterocycles. The number of halogens is 1. The number of aliphatic imine (C=N–C) groups is 1. The van der Waals surface area contributed by atoms with Crippen LogP contribution in [0.2, 0.25) is 5.02 Å². The highest BCUT2D eigenvalue weighted by molar-refractivity contribution is 6.31. The number of methoxy groups -OCH3 is 2. The van der Waals surface area contributed by atoms with Gasteiger partial charge in [0.2, 0.25) is 0 Å². The summed E-state index contributed by atoms with van der Waals surface area (Å²) >= 11 is 6.12. The van der Waals surface area contributed by atoms with Crippen molar-refractivity contribution in [1.29, 1.82) is 0 Å². The molecule has 5 nitrogen and oxygen atoms in total. The second kappa shape index (κ2) is 9.06. The van der Waals surface area contributed by atoms with Gasteiger partial charge in [-0.1, -0.05) is 23.7 Å². The Hall–Kier alpha value is -3.57. The van der Waals surface area contributed by atoms with Crippen molar-refractivity contribution in [3.05, 3.63) is 83.5 Å². The molecule has 0 amide bonds. The van der Waals surface area contributed by atoms with Gasteiger partial charge < -0.3 is 14.8 Å². The average molecular weight is 432 g/mol. The van der Waals surface area contributed by atoms with Crippen molar-refractivity contribution in [2.75, 3.05) is 19.5 Å². The molecule has 6 heteroatoms. The molecule has 0 atom stereocenters. The van der Waals surface area contributed by atoms with E-state index < -0.39 is 0 Å². The van der Waals surface area contributed by atoms with Gasteiger partial charge in [-0.05, 0) is 67.1 Å². The van der Waals surface area contributed by atoms with E-state index in [0.29, 0.717) is 16.5 Å². The molecule has 0 aliphatic carbocycles. The summed E-state index contributed by atoms with van der Waals surface area (Å²) in [6.07, 6.45) is 1.77. The maximum atomic E-state index is 6.12. The van der Waals surface area contributed by atoms with Gasteiger partial charge in [0.25, 0.3) is 0 Å². The van der Waals surface area contributed by atoms with E-state index in [1.165, 1.54) is 0 Å². The first kappa shape index (κ1) is 20.7. The lowest BCUT2D eigenvalue weighted by atomic mass is 10.1. The number of hydrogen-bond donors (Lipinski definition) is 1. The van der Waals surface area contributed by atoms with Gasteiger partial charge in [0.05, 0.1) is 31.1 Å². The Morgan fingerprint density at radius 1 is 0.903 bits per heavy atom. The van der Waals surface area contributed by atoms with Crippen LogP contribution in [0.3, 0.4) is 0 Å². The van der Waals surface area contributed by atoms with Crippen LogP contribution in [0.4, 0.5) is 17.1 Å². The first-order valence-electron chi connectivity index (χ1n) is 9.77. The number of benzene rings is 3. The highest BCUT2D eigenvalue weighted by atomic mass is 35.5. The van der Waals surface area contributed by atoms with Crippen LogP contribution in [0.1, 0.15) is 12.5 Å². The molecule has 4 rings (SSSR count). The summed E-state index contributed by atoms with van der Waals surface area (Å²) < 4.78 is 10.8. The summed E-state index contributed by atoms with van der Waals surface area (Å²) in [5, 5.41) is 5.15. The summed E-state index contributed by atoms with van der Waals surface area (Å²) in [5.41, 5.74) is 5.31. The molecule has 3 aromatic carbocycles. The number of fused-ring (bicyclic) bond motifs is 1. The van der Waals surface area contributed by atoms with E-state index >= 15 is 0 Å². The lowest BCUT2D eigenvalue weighted by Crippen LogP contribution is -1.98. The minimum Gasteiger partial charge on any atom is -0.493 e. The highest BCUT2D eigenvalue weighted by Gasteiger charge is 2.09. The molecule has 1 heterocycles. The second-order valence-corrected chi connectivity index (χ2v) is 7.37. The fourth-order valence-electron chi connectivity index (χ4n) is 3.36. The molecule has 0 unspecified atom stereocenters. The SMILES string of the molecule is COc1ccc(C(C)=Nc2ccccc2Nc2ccnc3cc(Cl)ccc23)cc1OC. The fourth-order valence-corrected chi connectivity index (χ4v) is 3.53. The van der Waals surface area contributed by atoms with E-state index in [1.807, 2.05) is 73.7 Å². The molecule has 0 bridgehead atoms. The van der Waals surface area contributed by atoms with E-state index in [4.69, 9.17) is 26.1 Å². The lowest BCUT2D eigenvalue weighted by molar-refractivity contribution is 0.355. The monoisotopic (exact) mass is 431 g/mol. The van der Waals surface area contributed by atoms with Gasteiger partial charge in [0.1, 0.15) is 0 Å². The number of para-hydroxylation sites is 2. The van der Waals surface area contributed by atoms with Crippen molar-refractivity contribution in [3.8, 4) is 11.5 Å². The summed E-state index contributed by atoms with van der Waals surface area (Å²) in [6, 6.07) is 21.3. The Labute approximate surface area is 186 Å². The van der Waals surface area contributed by atoms with Gasteiger partial charge in [-0.25, -0.2) is 0 Å². The van der Waals surface area contributed by atoms with Crippen LogP contribution in [0.5, 0.6) is 11.5 Å². The van der Waals surface area contributed by atoms with E-state index in [1.54, 1.807) is 20.4 Å². The van der Waals surface area contributed by atoms with Crippen molar-refractivity contribution in [1.82, 2.24) is 4.98 Å². The molecule has 0 saturated carbocycles. The van der Waals surface area contributed by atoms with Gasteiger partial charge in [-0.15, -0.1) is 0 Å². The normalized spacial score (nSPS) is 11.4. The Balaban J connectivity index is 1.70. The van der Waals surface area contributed by atoms with Gasteiger partial charge in [0, 0.05) is 28.0 Å². The molecule has 0 aliphatic heterocycles.